The van der Waals surface area contributed by atoms with Crippen molar-refractivity contribution in [2.75, 3.05) is 0 Å². The van der Waals surface area contributed by atoms with Gasteiger partial charge in [-0.1, -0.05) is 164 Å². The van der Waals surface area contributed by atoms with Crippen LogP contribution in [-0.2, 0) is 0 Å². The maximum atomic E-state index is 6.40. The Morgan fingerprint density at radius 3 is 1.64 bits per heavy atom. The molecule has 0 saturated heterocycles. The molecule has 0 atom stereocenters. The van der Waals surface area contributed by atoms with Crippen LogP contribution in [0.15, 0.2) is 199 Å². The molecule has 3 heteroatoms. The molecule has 0 unspecified atom stereocenters. The molecule has 2 aromatic heterocycles. The standard InChI is InChI=1S/C50H32N2O/c1-3-12-33(13-4-1)34-24-26-36(27-25-34)44-32-45(52-50(51-44)37-15-5-2-6-16-37)41-20-10-18-39(31-41)38-17-9-19-40(30-38)43-22-11-23-46-49(43)48-42-21-8-7-14-35(42)28-29-47(48)53-46/h1-32H. The van der Waals surface area contributed by atoms with Gasteiger partial charge in [-0.2, -0.15) is 0 Å². The summed E-state index contributed by atoms with van der Waals surface area (Å²) in [6.45, 7) is 0. The van der Waals surface area contributed by atoms with E-state index >= 15 is 0 Å². The third-order valence-corrected chi connectivity index (χ3v) is 10.1. The van der Waals surface area contributed by atoms with Crippen molar-refractivity contribution in [3.05, 3.63) is 194 Å². The minimum absolute atomic E-state index is 0.700. The molecule has 53 heavy (non-hydrogen) atoms. The maximum absolute atomic E-state index is 6.40. The third kappa shape index (κ3) is 5.65. The average Bonchev–Trinajstić information content (AvgIpc) is 3.64. The highest BCUT2D eigenvalue weighted by Gasteiger charge is 2.16. The third-order valence-electron chi connectivity index (χ3n) is 10.1. The Morgan fingerprint density at radius 2 is 0.868 bits per heavy atom. The van der Waals surface area contributed by atoms with Gasteiger partial charge >= 0.3 is 0 Å². The van der Waals surface area contributed by atoms with Crippen LogP contribution in [0.3, 0.4) is 0 Å². The Bertz CT molecular complexity index is 2930. The lowest BCUT2D eigenvalue weighted by atomic mass is 9.94. The van der Waals surface area contributed by atoms with E-state index in [9.17, 15) is 0 Å². The zero-order valence-electron chi connectivity index (χ0n) is 28.8. The van der Waals surface area contributed by atoms with E-state index in [1.54, 1.807) is 0 Å². The molecule has 0 amide bonds. The quantitative estimate of drug-likeness (QED) is 0.176. The summed E-state index contributed by atoms with van der Waals surface area (Å²) < 4.78 is 6.40. The second-order valence-corrected chi connectivity index (χ2v) is 13.4. The normalized spacial score (nSPS) is 11.4. The van der Waals surface area contributed by atoms with Gasteiger partial charge in [0.1, 0.15) is 11.2 Å². The molecule has 0 N–H and O–H groups in total. The van der Waals surface area contributed by atoms with E-state index in [-0.39, 0.29) is 0 Å². The molecule has 0 aliphatic heterocycles. The van der Waals surface area contributed by atoms with Crippen molar-refractivity contribution in [3.63, 3.8) is 0 Å². The van der Waals surface area contributed by atoms with Gasteiger partial charge in [-0.05, 0) is 74.5 Å². The smallest absolute Gasteiger partial charge is 0.160 e. The van der Waals surface area contributed by atoms with Crippen LogP contribution in [0.2, 0.25) is 0 Å². The predicted octanol–water partition coefficient (Wildman–Crippen LogP) is 13.5. The van der Waals surface area contributed by atoms with Crippen molar-refractivity contribution < 1.29 is 4.42 Å². The minimum Gasteiger partial charge on any atom is -0.456 e. The molecule has 8 aromatic carbocycles. The molecule has 0 aliphatic rings. The van der Waals surface area contributed by atoms with Crippen molar-refractivity contribution in [2.24, 2.45) is 0 Å². The highest BCUT2D eigenvalue weighted by Crippen LogP contribution is 2.41. The number of nitrogens with zero attached hydrogens (tertiary/aromatic N) is 2. The summed E-state index contributed by atoms with van der Waals surface area (Å²) in [4.78, 5) is 10.2. The van der Waals surface area contributed by atoms with Crippen LogP contribution in [0, 0.1) is 0 Å². The van der Waals surface area contributed by atoms with Crippen LogP contribution in [0.1, 0.15) is 0 Å². The minimum atomic E-state index is 0.700. The summed E-state index contributed by atoms with van der Waals surface area (Å²) in [5.41, 5.74) is 13.5. The van der Waals surface area contributed by atoms with Gasteiger partial charge in [0, 0.05) is 27.5 Å². The first kappa shape index (κ1) is 30.7. The topological polar surface area (TPSA) is 38.9 Å². The summed E-state index contributed by atoms with van der Waals surface area (Å²) in [5.74, 6) is 0.700. The van der Waals surface area contributed by atoms with Crippen LogP contribution in [0.25, 0.3) is 100.0 Å². The van der Waals surface area contributed by atoms with Gasteiger partial charge in [-0.25, -0.2) is 9.97 Å². The molecule has 3 nitrogen and oxygen atoms in total. The first-order valence-corrected chi connectivity index (χ1v) is 17.9. The fourth-order valence-electron chi connectivity index (χ4n) is 7.48. The van der Waals surface area contributed by atoms with Crippen LogP contribution >= 0.6 is 0 Å². The fraction of sp³-hybridized carbons (Fsp3) is 0. The van der Waals surface area contributed by atoms with Gasteiger partial charge in [0.15, 0.2) is 5.82 Å². The SMILES string of the molecule is c1ccc(-c2ccc(-c3cc(-c4cccc(-c5cccc(-c6cccc7oc8ccc9ccccc9c8c67)c5)c4)nc(-c4ccccc4)n3)cc2)cc1. The largest absolute Gasteiger partial charge is 0.456 e. The lowest BCUT2D eigenvalue weighted by Crippen LogP contribution is -1.96. The van der Waals surface area contributed by atoms with Gasteiger partial charge in [0.25, 0.3) is 0 Å². The summed E-state index contributed by atoms with van der Waals surface area (Å²) in [7, 11) is 0. The molecule has 0 spiro atoms. The van der Waals surface area contributed by atoms with E-state index in [0.29, 0.717) is 5.82 Å². The number of hydrogen-bond donors (Lipinski definition) is 0. The summed E-state index contributed by atoms with van der Waals surface area (Å²) in [5, 5.41) is 4.70. The summed E-state index contributed by atoms with van der Waals surface area (Å²) in [6, 6.07) is 68.0. The van der Waals surface area contributed by atoms with Gasteiger partial charge in [-0.15, -0.1) is 0 Å². The van der Waals surface area contributed by atoms with Crippen molar-refractivity contribution in [1.82, 2.24) is 9.97 Å². The molecule has 10 aromatic rings. The summed E-state index contributed by atoms with van der Waals surface area (Å²) >= 11 is 0. The highest BCUT2D eigenvalue weighted by atomic mass is 16.3. The monoisotopic (exact) mass is 676 g/mol. The Kier molecular flexibility index (Phi) is 7.47. The average molecular weight is 677 g/mol. The number of furan rings is 1. The Balaban J connectivity index is 1.06. The van der Waals surface area contributed by atoms with Crippen molar-refractivity contribution in [3.8, 4) is 67.3 Å². The molecule has 0 radical (unpaired) electrons. The van der Waals surface area contributed by atoms with Gasteiger partial charge in [-0.3, -0.25) is 0 Å². The zero-order valence-corrected chi connectivity index (χ0v) is 28.8. The zero-order chi connectivity index (χ0) is 35.1. The van der Waals surface area contributed by atoms with Crippen molar-refractivity contribution in [2.45, 2.75) is 0 Å². The van der Waals surface area contributed by atoms with Crippen LogP contribution in [-0.4, -0.2) is 9.97 Å². The molecule has 2 heterocycles. The number of fused-ring (bicyclic) bond motifs is 5. The molecule has 10 rings (SSSR count). The number of hydrogen-bond acceptors (Lipinski definition) is 3. The number of benzene rings is 8. The molecule has 0 fully saturated rings. The van der Waals surface area contributed by atoms with E-state index in [1.165, 1.54) is 21.9 Å². The second kappa shape index (κ2) is 12.9. The lowest BCUT2D eigenvalue weighted by Gasteiger charge is -2.12. The highest BCUT2D eigenvalue weighted by molar-refractivity contribution is 6.22. The Morgan fingerprint density at radius 1 is 0.321 bits per heavy atom. The van der Waals surface area contributed by atoms with E-state index in [4.69, 9.17) is 14.4 Å². The Labute approximate surface area is 307 Å². The van der Waals surface area contributed by atoms with Crippen LogP contribution in [0.5, 0.6) is 0 Å². The molecular weight excluding hydrogens is 645 g/mol. The lowest BCUT2D eigenvalue weighted by molar-refractivity contribution is 0.669. The number of rotatable bonds is 6. The first-order valence-electron chi connectivity index (χ1n) is 17.9. The van der Waals surface area contributed by atoms with E-state index in [2.05, 4.69) is 170 Å². The fourth-order valence-corrected chi connectivity index (χ4v) is 7.48. The van der Waals surface area contributed by atoms with E-state index in [1.807, 2.05) is 24.3 Å². The van der Waals surface area contributed by atoms with Gasteiger partial charge < -0.3 is 4.42 Å². The molecule has 0 saturated carbocycles. The van der Waals surface area contributed by atoms with Crippen molar-refractivity contribution >= 4 is 32.7 Å². The summed E-state index contributed by atoms with van der Waals surface area (Å²) in [6.07, 6.45) is 0. The van der Waals surface area contributed by atoms with Crippen LogP contribution in [0.4, 0.5) is 0 Å². The second-order valence-electron chi connectivity index (χ2n) is 13.4. The van der Waals surface area contributed by atoms with Gasteiger partial charge in [0.05, 0.1) is 11.4 Å². The number of aromatic nitrogens is 2. The Hall–Kier alpha value is -7.10. The van der Waals surface area contributed by atoms with Crippen LogP contribution < -0.4 is 0 Å². The molecule has 248 valence electrons. The van der Waals surface area contributed by atoms with Gasteiger partial charge in [0.2, 0.25) is 0 Å². The predicted molar refractivity (Wildman–Crippen MR) is 219 cm³/mol. The van der Waals surface area contributed by atoms with Crippen molar-refractivity contribution in [1.29, 1.82) is 0 Å². The molecular formula is C50H32N2O. The molecule has 0 bridgehead atoms. The van der Waals surface area contributed by atoms with E-state index in [0.717, 1.165) is 72.3 Å². The van der Waals surface area contributed by atoms with E-state index < -0.39 is 0 Å². The maximum Gasteiger partial charge on any atom is 0.160 e. The first-order chi connectivity index (χ1) is 26.2. The molecule has 0 aliphatic carbocycles.